The zero-order chi connectivity index (χ0) is 15.3. The van der Waals surface area contributed by atoms with E-state index in [1.165, 1.54) is 0 Å². The highest BCUT2D eigenvalue weighted by Crippen LogP contribution is 2.41. The molecule has 0 spiro atoms. The van der Waals surface area contributed by atoms with Crippen LogP contribution >= 0.6 is 0 Å². The lowest BCUT2D eigenvalue weighted by Crippen LogP contribution is -2.38. The Balaban J connectivity index is 2.39. The third-order valence-corrected chi connectivity index (χ3v) is 4.17. The molecule has 1 aromatic rings. The summed E-state index contributed by atoms with van der Waals surface area (Å²) in [6.07, 6.45) is 2.99. The lowest BCUT2D eigenvalue weighted by molar-refractivity contribution is -0.115. The van der Waals surface area contributed by atoms with Crippen molar-refractivity contribution in [2.24, 2.45) is 0 Å². The molecule has 0 fully saturated rings. The smallest absolute Gasteiger partial charge is 0.231 e. The van der Waals surface area contributed by atoms with Gasteiger partial charge in [0, 0.05) is 0 Å². The fraction of sp³-hybridized carbons (Fsp3) is 0.588. The Hall–Kier alpha value is -1.58. The van der Waals surface area contributed by atoms with Crippen LogP contribution in [-0.4, -0.2) is 19.3 Å². The number of carbonyl (C=O) groups excluding carboxylic acids is 1. The van der Waals surface area contributed by atoms with E-state index in [1.807, 2.05) is 13.8 Å². The van der Waals surface area contributed by atoms with Gasteiger partial charge in [0.1, 0.15) is 12.5 Å². The van der Waals surface area contributed by atoms with Crippen molar-refractivity contribution in [3.8, 4) is 11.5 Å². The van der Waals surface area contributed by atoms with E-state index in [1.54, 1.807) is 18.2 Å². The minimum atomic E-state index is -1.17. The van der Waals surface area contributed by atoms with E-state index >= 15 is 0 Å². The standard InChI is InChI=1S/C17H23FO3/c1-3-5-9-17(11-19,16(18)6-4-2)13-7-8-14-15(10-13)21-12-20-14/h7-8,10-11,16H,3-6,9,12H2,1-2H3/t16-,17-/m0/s1. The largest absolute Gasteiger partial charge is 0.454 e. The highest BCUT2D eigenvalue weighted by molar-refractivity contribution is 5.71. The van der Waals surface area contributed by atoms with Gasteiger partial charge in [0.2, 0.25) is 6.79 Å². The first-order valence-electron chi connectivity index (χ1n) is 7.68. The molecule has 0 aromatic heterocycles. The van der Waals surface area contributed by atoms with Crippen molar-refractivity contribution >= 4 is 6.29 Å². The van der Waals surface area contributed by atoms with Crippen molar-refractivity contribution in [2.75, 3.05) is 6.79 Å². The molecule has 21 heavy (non-hydrogen) atoms. The van der Waals surface area contributed by atoms with E-state index < -0.39 is 11.6 Å². The van der Waals surface area contributed by atoms with Crippen LogP contribution in [0, 0.1) is 0 Å². The van der Waals surface area contributed by atoms with Gasteiger partial charge in [-0.1, -0.05) is 39.2 Å². The molecule has 1 heterocycles. The first-order chi connectivity index (χ1) is 10.2. The summed E-state index contributed by atoms with van der Waals surface area (Å²) in [5.74, 6) is 1.25. The molecular weight excluding hydrogens is 271 g/mol. The van der Waals surface area contributed by atoms with Crippen LogP contribution in [0.15, 0.2) is 18.2 Å². The Morgan fingerprint density at radius 3 is 2.71 bits per heavy atom. The number of hydrogen-bond donors (Lipinski definition) is 0. The van der Waals surface area contributed by atoms with Gasteiger partial charge in [0.05, 0.1) is 5.41 Å². The first kappa shape index (κ1) is 15.8. The van der Waals surface area contributed by atoms with E-state index in [0.29, 0.717) is 36.3 Å². The van der Waals surface area contributed by atoms with Crippen molar-refractivity contribution < 1.29 is 18.7 Å². The van der Waals surface area contributed by atoms with Gasteiger partial charge in [0.25, 0.3) is 0 Å². The maximum atomic E-state index is 14.8. The number of unbranched alkanes of at least 4 members (excludes halogenated alkanes) is 1. The number of aldehydes is 1. The second kappa shape index (κ2) is 6.92. The van der Waals surface area contributed by atoms with Gasteiger partial charge in [-0.15, -0.1) is 0 Å². The molecule has 2 rings (SSSR count). The molecular formula is C17H23FO3. The lowest BCUT2D eigenvalue weighted by Gasteiger charge is -2.32. The molecule has 1 aromatic carbocycles. The molecule has 3 nitrogen and oxygen atoms in total. The van der Waals surface area contributed by atoms with Crippen molar-refractivity contribution in [3.05, 3.63) is 23.8 Å². The molecule has 2 atom stereocenters. The summed E-state index contributed by atoms with van der Waals surface area (Å²) in [4.78, 5) is 11.8. The minimum Gasteiger partial charge on any atom is -0.454 e. The summed E-state index contributed by atoms with van der Waals surface area (Å²) in [6.45, 7) is 4.15. The molecule has 0 aliphatic carbocycles. The first-order valence-corrected chi connectivity index (χ1v) is 7.68. The molecule has 0 unspecified atom stereocenters. The fourth-order valence-electron chi connectivity index (χ4n) is 2.85. The maximum absolute atomic E-state index is 14.8. The Bertz CT molecular complexity index is 489. The number of carbonyl (C=O) groups is 1. The average molecular weight is 294 g/mol. The fourth-order valence-corrected chi connectivity index (χ4v) is 2.85. The van der Waals surface area contributed by atoms with Crippen molar-refractivity contribution in [1.82, 2.24) is 0 Å². The number of alkyl halides is 1. The molecule has 1 aliphatic rings. The number of halogens is 1. The molecule has 0 saturated heterocycles. The Morgan fingerprint density at radius 1 is 1.29 bits per heavy atom. The molecule has 1 aliphatic heterocycles. The third kappa shape index (κ3) is 3.04. The summed E-state index contributed by atoms with van der Waals surface area (Å²) >= 11 is 0. The average Bonchev–Trinajstić information content (AvgIpc) is 2.96. The van der Waals surface area contributed by atoms with Gasteiger partial charge >= 0.3 is 0 Å². The molecule has 116 valence electrons. The van der Waals surface area contributed by atoms with Crippen molar-refractivity contribution in [1.29, 1.82) is 0 Å². The van der Waals surface area contributed by atoms with Crippen LogP contribution < -0.4 is 9.47 Å². The predicted octanol–water partition coefficient (Wildman–Crippen LogP) is 4.18. The summed E-state index contributed by atoms with van der Waals surface area (Å²) in [6, 6.07) is 5.31. The molecule has 0 amide bonds. The molecule has 0 bridgehead atoms. The van der Waals surface area contributed by atoms with Gasteiger partial charge in [0.15, 0.2) is 11.5 Å². The Kier molecular flexibility index (Phi) is 5.21. The zero-order valence-electron chi connectivity index (χ0n) is 12.7. The van der Waals surface area contributed by atoms with Gasteiger partial charge < -0.3 is 14.3 Å². The predicted molar refractivity (Wildman–Crippen MR) is 79.6 cm³/mol. The number of rotatable bonds is 8. The monoisotopic (exact) mass is 294 g/mol. The summed E-state index contributed by atoms with van der Waals surface area (Å²) in [7, 11) is 0. The van der Waals surface area contributed by atoms with Crippen molar-refractivity contribution in [3.63, 3.8) is 0 Å². The summed E-state index contributed by atoms with van der Waals surface area (Å²) in [5, 5.41) is 0. The third-order valence-electron chi connectivity index (χ3n) is 4.17. The highest BCUT2D eigenvalue weighted by atomic mass is 19.1. The molecule has 0 saturated carbocycles. The summed E-state index contributed by atoms with van der Waals surface area (Å²) in [5.41, 5.74) is -0.386. The van der Waals surface area contributed by atoms with Gasteiger partial charge in [-0.25, -0.2) is 4.39 Å². The number of fused-ring (bicyclic) bond motifs is 1. The van der Waals surface area contributed by atoms with Crippen LogP contribution in [0.1, 0.15) is 51.5 Å². The maximum Gasteiger partial charge on any atom is 0.231 e. The second-order valence-electron chi connectivity index (χ2n) is 5.59. The van der Waals surface area contributed by atoms with Gasteiger partial charge in [-0.3, -0.25) is 0 Å². The van der Waals surface area contributed by atoms with E-state index in [4.69, 9.17) is 9.47 Å². The lowest BCUT2D eigenvalue weighted by atomic mass is 9.72. The number of hydrogen-bond acceptors (Lipinski definition) is 3. The van der Waals surface area contributed by atoms with Crippen LogP contribution in [0.4, 0.5) is 4.39 Å². The van der Waals surface area contributed by atoms with Gasteiger partial charge in [-0.2, -0.15) is 0 Å². The topological polar surface area (TPSA) is 35.5 Å². The van der Waals surface area contributed by atoms with E-state index in [-0.39, 0.29) is 6.79 Å². The number of benzene rings is 1. The molecule has 0 radical (unpaired) electrons. The van der Waals surface area contributed by atoms with E-state index in [9.17, 15) is 9.18 Å². The SMILES string of the molecule is CCCC[C@](C=O)(c1ccc2c(c1)OCO2)[C@@H](F)CCC. The van der Waals surface area contributed by atoms with Crippen LogP contribution in [0.3, 0.4) is 0 Å². The second-order valence-corrected chi connectivity index (χ2v) is 5.59. The van der Waals surface area contributed by atoms with E-state index in [0.717, 1.165) is 19.1 Å². The van der Waals surface area contributed by atoms with Crippen LogP contribution in [-0.2, 0) is 10.2 Å². The van der Waals surface area contributed by atoms with Crippen LogP contribution in [0.25, 0.3) is 0 Å². The van der Waals surface area contributed by atoms with E-state index in [2.05, 4.69) is 0 Å². The number of ether oxygens (including phenoxy) is 2. The summed E-state index contributed by atoms with van der Waals surface area (Å²) < 4.78 is 25.4. The Labute approximate surface area is 125 Å². The van der Waals surface area contributed by atoms with Gasteiger partial charge in [-0.05, 0) is 30.5 Å². The normalized spacial score (nSPS) is 17.3. The Morgan fingerprint density at radius 2 is 2.05 bits per heavy atom. The van der Waals surface area contributed by atoms with Crippen molar-refractivity contribution in [2.45, 2.75) is 57.5 Å². The molecule has 4 heteroatoms. The highest BCUT2D eigenvalue weighted by Gasteiger charge is 2.40. The quantitative estimate of drug-likeness (QED) is 0.675. The minimum absolute atomic E-state index is 0.176. The molecule has 0 N–H and O–H groups in total. The zero-order valence-corrected chi connectivity index (χ0v) is 12.7. The van der Waals surface area contributed by atoms with Crippen LogP contribution in [0.5, 0.6) is 11.5 Å². The van der Waals surface area contributed by atoms with Crippen LogP contribution in [0.2, 0.25) is 0 Å².